The highest BCUT2D eigenvalue weighted by molar-refractivity contribution is 6.03. The van der Waals surface area contributed by atoms with Crippen molar-refractivity contribution in [1.29, 1.82) is 0 Å². The highest BCUT2D eigenvalue weighted by Gasteiger charge is 2.49. The minimum absolute atomic E-state index is 0.131. The van der Waals surface area contributed by atoms with Gasteiger partial charge in [-0.3, -0.25) is 0 Å². The molecule has 3 nitrogen and oxygen atoms in total. The Hall–Kier alpha value is -8.53. The van der Waals surface area contributed by atoms with E-state index in [1.54, 1.807) is 0 Å². The first-order valence-corrected chi connectivity index (χ1v) is 23.5. The average molecular weight is 868 g/mol. The molecule has 68 heavy (non-hydrogen) atoms. The molecule has 0 N–H and O–H groups in total. The first-order chi connectivity index (χ1) is 33.4. The molecule has 10 aromatic carbocycles. The third-order valence-electron chi connectivity index (χ3n) is 14.6. The Balaban J connectivity index is 1.00. The van der Waals surface area contributed by atoms with Crippen LogP contribution < -0.4 is 0 Å². The highest BCUT2D eigenvalue weighted by atomic mass is 15.0. The van der Waals surface area contributed by atoms with Gasteiger partial charge in [0, 0.05) is 22.1 Å². The summed E-state index contributed by atoms with van der Waals surface area (Å²) < 4.78 is 0. The number of rotatable bonds is 7. The van der Waals surface area contributed by atoms with Gasteiger partial charge in [-0.1, -0.05) is 232 Å². The molecular weight excluding hydrogens is 823 g/mol. The van der Waals surface area contributed by atoms with Gasteiger partial charge in [0.25, 0.3) is 0 Å². The van der Waals surface area contributed by atoms with E-state index in [1.807, 2.05) is 12.1 Å². The first kappa shape index (κ1) is 39.8. The Kier molecular flexibility index (Phi) is 9.10. The van der Waals surface area contributed by atoms with Gasteiger partial charge in [0.1, 0.15) is 0 Å². The smallest absolute Gasteiger partial charge is 0.164 e. The van der Waals surface area contributed by atoms with Gasteiger partial charge in [0.05, 0.1) is 5.41 Å². The predicted molar refractivity (Wildman–Crippen MR) is 279 cm³/mol. The summed E-state index contributed by atoms with van der Waals surface area (Å²) in [6, 6.07) is 85.8. The summed E-state index contributed by atoms with van der Waals surface area (Å²) in [5.41, 5.74) is 19.8. The van der Waals surface area contributed by atoms with E-state index in [0.29, 0.717) is 17.5 Å². The van der Waals surface area contributed by atoms with E-state index in [-0.39, 0.29) is 5.41 Å². The van der Waals surface area contributed by atoms with E-state index in [4.69, 9.17) is 15.0 Å². The maximum atomic E-state index is 5.25. The third kappa shape index (κ3) is 6.16. The van der Waals surface area contributed by atoms with E-state index in [1.165, 1.54) is 72.1 Å². The van der Waals surface area contributed by atoms with Crippen LogP contribution in [0.1, 0.15) is 47.2 Å². The molecule has 0 radical (unpaired) electrons. The summed E-state index contributed by atoms with van der Waals surface area (Å²) in [6.45, 7) is 4.75. The van der Waals surface area contributed by atoms with Gasteiger partial charge in [-0.05, 0) is 107 Å². The van der Waals surface area contributed by atoms with Crippen molar-refractivity contribution in [3.05, 3.63) is 270 Å². The number of nitrogens with zero attached hydrogens (tertiary/aromatic N) is 3. The Bertz CT molecular complexity index is 3570. The summed E-state index contributed by atoms with van der Waals surface area (Å²) in [5.74, 6) is 1.89. The summed E-state index contributed by atoms with van der Waals surface area (Å²) in [4.78, 5) is 15.6. The molecule has 1 aromatic heterocycles. The van der Waals surface area contributed by atoms with Crippen molar-refractivity contribution in [3.63, 3.8) is 0 Å². The zero-order chi connectivity index (χ0) is 45.4. The Morgan fingerprint density at radius 1 is 0.294 bits per heavy atom. The zero-order valence-electron chi connectivity index (χ0n) is 37.9. The van der Waals surface area contributed by atoms with Gasteiger partial charge in [0.15, 0.2) is 17.5 Å². The number of aromatic nitrogens is 3. The lowest BCUT2D eigenvalue weighted by molar-refractivity contribution is 0.660. The fourth-order valence-electron chi connectivity index (χ4n) is 11.3. The van der Waals surface area contributed by atoms with Gasteiger partial charge in [-0.2, -0.15) is 0 Å². The number of hydrogen-bond donors (Lipinski definition) is 0. The lowest BCUT2D eigenvalue weighted by Gasteiger charge is -2.35. The molecular formula is C65H45N3. The molecule has 0 amide bonds. The van der Waals surface area contributed by atoms with E-state index in [2.05, 4.69) is 238 Å². The van der Waals surface area contributed by atoms with Gasteiger partial charge in [-0.25, -0.2) is 15.0 Å². The predicted octanol–water partition coefficient (Wildman–Crippen LogP) is 16.0. The van der Waals surface area contributed by atoms with Gasteiger partial charge in [-0.15, -0.1) is 0 Å². The van der Waals surface area contributed by atoms with Crippen molar-refractivity contribution >= 4 is 10.8 Å². The van der Waals surface area contributed by atoms with Crippen molar-refractivity contribution in [2.45, 2.75) is 24.7 Å². The third-order valence-corrected chi connectivity index (χ3v) is 14.6. The van der Waals surface area contributed by atoms with Crippen molar-refractivity contribution in [2.75, 3.05) is 0 Å². The molecule has 2 aliphatic carbocycles. The molecule has 320 valence electrons. The van der Waals surface area contributed by atoms with Crippen LogP contribution in [0.25, 0.3) is 89.4 Å². The van der Waals surface area contributed by atoms with Crippen LogP contribution in [-0.2, 0) is 10.8 Å². The van der Waals surface area contributed by atoms with Crippen LogP contribution in [0.4, 0.5) is 0 Å². The SMILES string of the molecule is CC1(C)c2ccccc2-c2cc3c(cc21)-c1ccc2cc(-c4nc(-c5ccc(-c6ccccc6)cc5)nc(-c5ccc(-c6ccccc6)cc5)n4)ccc2c1C3(c1ccccc1)c1ccccc1. The molecule has 0 saturated heterocycles. The fraction of sp³-hybridized carbons (Fsp3) is 0.0615. The van der Waals surface area contributed by atoms with Crippen molar-refractivity contribution in [1.82, 2.24) is 15.0 Å². The van der Waals surface area contributed by atoms with E-state index in [9.17, 15) is 0 Å². The Labute approximate surface area is 397 Å². The second-order valence-corrected chi connectivity index (χ2v) is 18.7. The van der Waals surface area contributed by atoms with Crippen molar-refractivity contribution < 1.29 is 0 Å². The molecule has 0 unspecified atom stereocenters. The summed E-state index contributed by atoms with van der Waals surface area (Å²) >= 11 is 0. The lowest BCUT2D eigenvalue weighted by atomic mass is 9.66. The summed E-state index contributed by atoms with van der Waals surface area (Å²) in [6.07, 6.45) is 0. The molecule has 0 aliphatic heterocycles. The van der Waals surface area contributed by atoms with Crippen LogP contribution >= 0.6 is 0 Å². The normalized spacial score (nSPS) is 13.7. The maximum absolute atomic E-state index is 5.25. The van der Waals surface area contributed by atoms with Gasteiger partial charge < -0.3 is 0 Å². The molecule has 1 heterocycles. The molecule has 11 aromatic rings. The number of hydrogen-bond acceptors (Lipinski definition) is 3. The molecule has 0 saturated carbocycles. The van der Waals surface area contributed by atoms with Crippen molar-refractivity contribution in [2.24, 2.45) is 0 Å². The minimum Gasteiger partial charge on any atom is -0.208 e. The zero-order valence-corrected chi connectivity index (χ0v) is 37.9. The van der Waals surface area contributed by atoms with Crippen molar-refractivity contribution in [3.8, 4) is 78.7 Å². The van der Waals surface area contributed by atoms with Crippen LogP contribution in [0.15, 0.2) is 237 Å². The highest BCUT2D eigenvalue weighted by Crippen LogP contribution is 2.61. The molecule has 0 atom stereocenters. The maximum Gasteiger partial charge on any atom is 0.164 e. The molecule has 0 spiro atoms. The van der Waals surface area contributed by atoms with E-state index < -0.39 is 5.41 Å². The molecule has 2 aliphatic rings. The Morgan fingerprint density at radius 2 is 0.721 bits per heavy atom. The second kappa shape index (κ2) is 15.5. The van der Waals surface area contributed by atoms with Crippen LogP contribution in [0.3, 0.4) is 0 Å². The minimum atomic E-state index is -0.587. The quantitative estimate of drug-likeness (QED) is 0.160. The number of fused-ring (bicyclic) bond motifs is 8. The summed E-state index contributed by atoms with van der Waals surface area (Å²) in [5, 5.41) is 2.34. The second-order valence-electron chi connectivity index (χ2n) is 18.7. The molecule has 13 rings (SSSR count). The standard InChI is InChI=1S/C65H45N3/c1-64(2)57-26-16-15-25-53(57)55-41-59-56(40-58(55)64)54-38-35-48-39-49(36-37-52(48)60(54)65(59,50-21-11-5-12-22-50)51-23-13-6-14-24-51)63-67-61(46-31-27-44(28-32-46)42-17-7-3-8-18-42)66-62(68-63)47-33-29-45(30-34-47)43-19-9-4-10-20-43/h3-41H,1-2H3. The molecule has 3 heteroatoms. The molecule has 0 bridgehead atoms. The lowest BCUT2D eigenvalue weighted by Crippen LogP contribution is -2.29. The van der Waals surface area contributed by atoms with E-state index in [0.717, 1.165) is 33.2 Å². The van der Waals surface area contributed by atoms with Crippen LogP contribution in [0.5, 0.6) is 0 Å². The average Bonchev–Trinajstić information content (AvgIpc) is 3.83. The summed E-state index contributed by atoms with van der Waals surface area (Å²) in [7, 11) is 0. The van der Waals surface area contributed by atoms with Crippen LogP contribution in [0.2, 0.25) is 0 Å². The Morgan fingerprint density at radius 3 is 1.28 bits per heavy atom. The van der Waals surface area contributed by atoms with Crippen LogP contribution in [0, 0.1) is 0 Å². The first-order valence-electron chi connectivity index (χ1n) is 23.5. The monoisotopic (exact) mass is 867 g/mol. The number of benzene rings is 10. The largest absolute Gasteiger partial charge is 0.208 e. The fourth-order valence-corrected chi connectivity index (χ4v) is 11.3. The van der Waals surface area contributed by atoms with E-state index >= 15 is 0 Å². The molecule has 0 fully saturated rings. The van der Waals surface area contributed by atoms with Crippen LogP contribution in [-0.4, -0.2) is 15.0 Å². The van der Waals surface area contributed by atoms with Gasteiger partial charge >= 0.3 is 0 Å². The van der Waals surface area contributed by atoms with Gasteiger partial charge in [0.2, 0.25) is 0 Å². The topological polar surface area (TPSA) is 38.7 Å².